The first-order valence-corrected chi connectivity index (χ1v) is 10.8. The molecule has 0 aromatic heterocycles. The second-order valence-corrected chi connectivity index (χ2v) is 9.04. The summed E-state index contributed by atoms with van der Waals surface area (Å²) in [5.41, 5.74) is 0.340. The van der Waals surface area contributed by atoms with Crippen LogP contribution in [0.3, 0.4) is 0 Å². The van der Waals surface area contributed by atoms with Crippen molar-refractivity contribution in [3.05, 3.63) is 84.4 Å². The van der Waals surface area contributed by atoms with Crippen LogP contribution in [-0.2, 0) is 20.0 Å². The highest BCUT2D eigenvalue weighted by atomic mass is 32.2. The second-order valence-electron chi connectivity index (χ2n) is 5.68. The third-order valence-electron chi connectivity index (χ3n) is 3.64. The monoisotopic (exact) mass is 424 g/mol. The van der Waals surface area contributed by atoms with Crippen LogP contribution in [0.5, 0.6) is 0 Å². The van der Waals surface area contributed by atoms with E-state index in [1.165, 1.54) is 36.4 Å². The predicted molar refractivity (Wildman–Crippen MR) is 101 cm³/mol. The summed E-state index contributed by atoms with van der Waals surface area (Å²) in [4.78, 5) is -0.363. The molecule has 0 radical (unpaired) electrons. The van der Waals surface area contributed by atoms with Crippen molar-refractivity contribution < 1.29 is 25.6 Å². The summed E-state index contributed by atoms with van der Waals surface area (Å²) >= 11 is 0. The number of halogens is 2. The van der Waals surface area contributed by atoms with Gasteiger partial charge in [-0.1, -0.05) is 18.2 Å². The number of sulfonamides is 2. The molecule has 3 aromatic rings. The van der Waals surface area contributed by atoms with E-state index >= 15 is 0 Å². The van der Waals surface area contributed by atoms with E-state index in [1.54, 1.807) is 18.2 Å². The fraction of sp³-hybridized carbons (Fsp3) is 0. The second kappa shape index (κ2) is 7.56. The van der Waals surface area contributed by atoms with E-state index < -0.39 is 36.6 Å². The van der Waals surface area contributed by atoms with Crippen molar-refractivity contribution in [3.63, 3.8) is 0 Å². The highest BCUT2D eigenvalue weighted by Crippen LogP contribution is 2.21. The molecule has 0 aliphatic rings. The zero-order valence-electron chi connectivity index (χ0n) is 14.1. The van der Waals surface area contributed by atoms with Gasteiger partial charge in [-0.25, -0.2) is 25.6 Å². The van der Waals surface area contributed by atoms with E-state index in [4.69, 9.17) is 0 Å². The molecule has 3 rings (SSSR count). The smallest absolute Gasteiger partial charge is 0.261 e. The van der Waals surface area contributed by atoms with Gasteiger partial charge < -0.3 is 0 Å². The van der Waals surface area contributed by atoms with Gasteiger partial charge in [0.05, 0.1) is 9.79 Å². The van der Waals surface area contributed by atoms with Crippen molar-refractivity contribution in [1.29, 1.82) is 0 Å². The van der Waals surface area contributed by atoms with Crippen molar-refractivity contribution in [1.82, 2.24) is 0 Å². The molecule has 6 nitrogen and oxygen atoms in total. The fourth-order valence-electron chi connectivity index (χ4n) is 2.28. The molecule has 0 atom stereocenters. The van der Waals surface area contributed by atoms with E-state index in [9.17, 15) is 25.6 Å². The minimum absolute atomic E-state index is 0.0816. The number of hydrogen-bond acceptors (Lipinski definition) is 4. The lowest BCUT2D eigenvalue weighted by atomic mass is 10.3. The zero-order chi connectivity index (χ0) is 20.4. The molecule has 2 N–H and O–H groups in total. The van der Waals surface area contributed by atoms with Gasteiger partial charge in [-0.05, 0) is 54.6 Å². The molecule has 0 heterocycles. The summed E-state index contributed by atoms with van der Waals surface area (Å²) in [6, 6.07) is 15.4. The quantitative estimate of drug-likeness (QED) is 0.633. The Labute approximate surface area is 160 Å². The van der Waals surface area contributed by atoms with Gasteiger partial charge in [-0.15, -0.1) is 0 Å². The Hall–Kier alpha value is -2.98. The normalized spacial score (nSPS) is 11.8. The molecule has 0 spiro atoms. The van der Waals surface area contributed by atoms with Crippen LogP contribution >= 0.6 is 0 Å². The van der Waals surface area contributed by atoms with Crippen LogP contribution in [0.4, 0.5) is 20.2 Å². The highest BCUT2D eigenvalue weighted by molar-refractivity contribution is 7.93. The Morgan fingerprint density at radius 3 is 1.57 bits per heavy atom. The molecule has 28 heavy (non-hydrogen) atoms. The maximum absolute atomic E-state index is 13.3. The van der Waals surface area contributed by atoms with Crippen LogP contribution in [0.1, 0.15) is 0 Å². The average molecular weight is 424 g/mol. The minimum atomic E-state index is -4.14. The summed E-state index contributed by atoms with van der Waals surface area (Å²) < 4.78 is 79.9. The molecule has 0 amide bonds. The van der Waals surface area contributed by atoms with Gasteiger partial charge in [-0.2, -0.15) is 0 Å². The van der Waals surface area contributed by atoms with Crippen LogP contribution in [0.25, 0.3) is 0 Å². The number of hydrogen-bond donors (Lipinski definition) is 2. The molecular weight excluding hydrogens is 410 g/mol. The topological polar surface area (TPSA) is 92.3 Å². The third kappa shape index (κ3) is 4.46. The van der Waals surface area contributed by atoms with Crippen molar-refractivity contribution in [2.75, 3.05) is 9.44 Å². The maximum atomic E-state index is 13.3. The molecule has 146 valence electrons. The highest BCUT2D eigenvalue weighted by Gasteiger charge is 2.17. The lowest BCUT2D eigenvalue weighted by Gasteiger charge is -2.11. The lowest BCUT2D eigenvalue weighted by Crippen LogP contribution is -2.14. The first kappa shape index (κ1) is 19.8. The van der Waals surface area contributed by atoms with E-state index in [-0.39, 0.29) is 16.3 Å². The number of benzene rings is 3. The Morgan fingerprint density at radius 1 is 0.571 bits per heavy atom. The molecule has 0 saturated heterocycles. The standard InChI is InChI=1S/C18H14F2N2O4S2/c19-17-11-10-16(12-18(17)20)28(25,26)22-14-8-6-13(7-9-14)21-27(23,24)15-4-2-1-3-5-15/h1-12,21-22H. The van der Waals surface area contributed by atoms with Crippen LogP contribution in [0.2, 0.25) is 0 Å². The van der Waals surface area contributed by atoms with Crippen molar-refractivity contribution in [3.8, 4) is 0 Å². The van der Waals surface area contributed by atoms with Crippen LogP contribution in [-0.4, -0.2) is 16.8 Å². The maximum Gasteiger partial charge on any atom is 0.261 e. The molecule has 0 aliphatic carbocycles. The Bertz CT molecular complexity index is 1200. The van der Waals surface area contributed by atoms with Crippen molar-refractivity contribution in [2.45, 2.75) is 9.79 Å². The molecule has 0 bridgehead atoms. The van der Waals surface area contributed by atoms with Gasteiger partial charge in [-0.3, -0.25) is 9.44 Å². The van der Waals surface area contributed by atoms with Gasteiger partial charge >= 0.3 is 0 Å². The Kier molecular flexibility index (Phi) is 5.34. The first-order chi connectivity index (χ1) is 13.2. The summed E-state index contributed by atoms with van der Waals surface area (Å²) in [6.45, 7) is 0. The summed E-state index contributed by atoms with van der Waals surface area (Å²) in [5, 5.41) is 0. The summed E-state index contributed by atoms with van der Waals surface area (Å²) in [7, 11) is -7.92. The summed E-state index contributed by atoms with van der Waals surface area (Å²) in [6.07, 6.45) is 0. The number of rotatable bonds is 6. The first-order valence-electron chi connectivity index (χ1n) is 7.83. The Morgan fingerprint density at radius 2 is 1.07 bits per heavy atom. The van der Waals surface area contributed by atoms with E-state index in [2.05, 4.69) is 9.44 Å². The van der Waals surface area contributed by atoms with Crippen LogP contribution < -0.4 is 9.44 Å². The molecule has 0 fully saturated rings. The SMILES string of the molecule is O=S(=O)(Nc1ccc(NS(=O)(=O)c2ccc(F)c(F)c2)cc1)c1ccccc1. The molecule has 10 heteroatoms. The van der Waals surface area contributed by atoms with E-state index in [0.717, 1.165) is 6.07 Å². The van der Waals surface area contributed by atoms with Gasteiger partial charge in [0.25, 0.3) is 20.0 Å². The average Bonchev–Trinajstić information content (AvgIpc) is 2.66. The van der Waals surface area contributed by atoms with Gasteiger partial charge in [0.15, 0.2) is 11.6 Å². The van der Waals surface area contributed by atoms with Crippen LogP contribution in [0.15, 0.2) is 82.6 Å². The molecule has 0 aliphatic heterocycles. The predicted octanol–water partition coefficient (Wildman–Crippen LogP) is 3.57. The number of anilines is 2. The third-order valence-corrected chi connectivity index (χ3v) is 6.42. The largest absolute Gasteiger partial charge is 0.280 e. The van der Waals surface area contributed by atoms with Crippen molar-refractivity contribution >= 4 is 31.4 Å². The molecule has 0 saturated carbocycles. The van der Waals surface area contributed by atoms with Gasteiger partial charge in [0, 0.05) is 11.4 Å². The number of nitrogens with one attached hydrogen (secondary N) is 2. The van der Waals surface area contributed by atoms with E-state index in [1.807, 2.05) is 0 Å². The van der Waals surface area contributed by atoms with Crippen molar-refractivity contribution in [2.24, 2.45) is 0 Å². The summed E-state index contributed by atoms with van der Waals surface area (Å²) in [5.74, 6) is -2.44. The van der Waals surface area contributed by atoms with Gasteiger partial charge in [0.2, 0.25) is 0 Å². The van der Waals surface area contributed by atoms with Gasteiger partial charge in [0.1, 0.15) is 0 Å². The molecular formula is C18H14F2N2O4S2. The lowest BCUT2D eigenvalue weighted by molar-refractivity contribution is 0.504. The zero-order valence-corrected chi connectivity index (χ0v) is 15.8. The molecule has 3 aromatic carbocycles. The molecule has 0 unspecified atom stereocenters. The minimum Gasteiger partial charge on any atom is -0.280 e. The van der Waals surface area contributed by atoms with E-state index in [0.29, 0.717) is 12.1 Å². The Balaban J connectivity index is 1.76. The van der Waals surface area contributed by atoms with Crippen LogP contribution in [0, 0.1) is 11.6 Å². The fourth-order valence-corrected chi connectivity index (χ4v) is 4.43.